The Labute approximate surface area is 153 Å². The number of rotatable bonds is 3. The van der Waals surface area contributed by atoms with Gasteiger partial charge in [-0.05, 0) is 41.5 Å². The molecule has 3 aromatic carbocycles. The Morgan fingerprint density at radius 3 is 2.40 bits per heavy atom. The van der Waals surface area contributed by atoms with Crippen molar-refractivity contribution in [1.29, 1.82) is 0 Å². The number of carbonyl (C=O) groups excluding carboxylic acids is 1. The molecule has 1 heterocycles. The highest BCUT2D eigenvalue weighted by molar-refractivity contribution is 7.22. The number of nitrogens with zero attached hydrogens (tertiary/aromatic N) is 1. The van der Waals surface area contributed by atoms with Crippen molar-refractivity contribution in [2.24, 2.45) is 0 Å². The molecule has 5 heteroatoms. The Kier molecular flexibility index (Phi) is 4.22. The fourth-order valence-electron chi connectivity index (χ4n) is 2.57. The summed E-state index contributed by atoms with van der Waals surface area (Å²) in [5.41, 5.74) is 3.62. The molecule has 4 rings (SSSR count). The maximum absolute atomic E-state index is 12.4. The van der Waals surface area contributed by atoms with E-state index in [2.05, 4.69) is 10.3 Å². The predicted octanol–water partition coefficient (Wildman–Crippen LogP) is 5.87. The molecule has 1 amide bonds. The van der Waals surface area contributed by atoms with Crippen LogP contribution in [0.5, 0.6) is 0 Å². The van der Waals surface area contributed by atoms with Crippen LogP contribution in [0.15, 0.2) is 72.8 Å². The Morgan fingerprint density at radius 1 is 0.920 bits per heavy atom. The number of amides is 1. The van der Waals surface area contributed by atoms with E-state index >= 15 is 0 Å². The standard InChI is InChI=1S/C20H13ClN2OS/c21-16-10-11-17-18(12-16)25-20(22-17)23-19(24)15-8-6-14(7-9-15)13-4-2-1-3-5-13/h1-12H,(H,22,23,24). The summed E-state index contributed by atoms with van der Waals surface area (Å²) in [5, 5.41) is 4.07. The molecular formula is C20H13ClN2OS. The number of benzene rings is 3. The van der Waals surface area contributed by atoms with Crippen molar-refractivity contribution in [2.45, 2.75) is 0 Å². The minimum Gasteiger partial charge on any atom is -0.298 e. The molecule has 0 atom stereocenters. The van der Waals surface area contributed by atoms with Gasteiger partial charge >= 0.3 is 0 Å². The SMILES string of the molecule is O=C(Nc1nc2ccc(Cl)cc2s1)c1ccc(-c2ccccc2)cc1. The van der Waals surface area contributed by atoms with Crippen LogP contribution < -0.4 is 5.32 Å². The topological polar surface area (TPSA) is 42.0 Å². The quantitative estimate of drug-likeness (QED) is 0.494. The highest BCUT2D eigenvalue weighted by Crippen LogP contribution is 2.28. The molecule has 25 heavy (non-hydrogen) atoms. The molecule has 0 spiro atoms. The molecule has 1 aromatic heterocycles. The Bertz CT molecular complexity index is 1040. The zero-order valence-corrected chi connectivity index (χ0v) is 14.6. The lowest BCUT2D eigenvalue weighted by Gasteiger charge is -2.04. The first-order chi connectivity index (χ1) is 12.2. The molecule has 0 aliphatic carbocycles. The van der Waals surface area contributed by atoms with Gasteiger partial charge in [0.25, 0.3) is 5.91 Å². The fourth-order valence-corrected chi connectivity index (χ4v) is 3.70. The lowest BCUT2D eigenvalue weighted by atomic mass is 10.0. The van der Waals surface area contributed by atoms with Crippen molar-refractivity contribution in [1.82, 2.24) is 4.98 Å². The fraction of sp³-hybridized carbons (Fsp3) is 0. The number of carbonyl (C=O) groups is 1. The number of hydrogen-bond donors (Lipinski definition) is 1. The van der Waals surface area contributed by atoms with E-state index in [0.29, 0.717) is 15.7 Å². The number of anilines is 1. The molecule has 0 fully saturated rings. The highest BCUT2D eigenvalue weighted by Gasteiger charge is 2.10. The lowest BCUT2D eigenvalue weighted by Crippen LogP contribution is -2.11. The number of fused-ring (bicyclic) bond motifs is 1. The lowest BCUT2D eigenvalue weighted by molar-refractivity contribution is 0.102. The second-order valence-corrected chi connectivity index (χ2v) is 7.00. The summed E-state index contributed by atoms with van der Waals surface area (Å²) in [6.45, 7) is 0. The number of aromatic nitrogens is 1. The van der Waals surface area contributed by atoms with Crippen molar-refractivity contribution in [3.05, 3.63) is 83.4 Å². The first kappa shape index (κ1) is 15.8. The third kappa shape index (κ3) is 3.40. The number of hydrogen-bond acceptors (Lipinski definition) is 3. The molecule has 0 radical (unpaired) electrons. The number of thiazole rings is 1. The van der Waals surface area contributed by atoms with E-state index in [0.717, 1.165) is 21.3 Å². The predicted molar refractivity (Wildman–Crippen MR) is 104 cm³/mol. The maximum atomic E-state index is 12.4. The van der Waals surface area contributed by atoms with Gasteiger partial charge in [0.2, 0.25) is 0 Å². The number of halogens is 1. The molecule has 1 N–H and O–H groups in total. The Morgan fingerprint density at radius 2 is 1.64 bits per heavy atom. The van der Waals surface area contributed by atoms with Gasteiger partial charge in [-0.1, -0.05) is 65.4 Å². The van der Waals surface area contributed by atoms with Gasteiger partial charge in [0.1, 0.15) is 0 Å². The average molecular weight is 365 g/mol. The van der Waals surface area contributed by atoms with Gasteiger partial charge in [-0.25, -0.2) is 4.98 Å². The molecule has 4 aromatic rings. The Balaban J connectivity index is 1.54. The smallest absolute Gasteiger partial charge is 0.257 e. The van der Waals surface area contributed by atoms with Gasteiger partial charge in [0.15, 0.2) is 5.13 Å². The average Bonchev–Trinajstić information content (AvgIpc) is 3.04. The monoisotopic (exact) mass is 364 g/mol. The van der Waals surface area contributed by atoms with Crippen molar-refractivity contribution in [3.63, 3.8) is 0 Å². The van der Waals surface area contributed by atoms with Crippen LogP contribution in [0.3, 0.4) is 0 Å². The second-order valence-electron chi connectivity index (χ2n) is 5.53. The van der Waals surface area contributed by atoms with Crippen LogP contribution in [0.4, 0.5) is 5.13 Å². The molecule has 0 unspecified atom stereocenters. The van der Waals surface area contributed by atoms with Crippen LogP contribution in [-0.4, -0.2) is 10.9 Å². The van der Waals surface area contributed by atoms with Crippen LogP contribution in [0.25, 0.3) is 21.3 Å². The summed E-state index contributed by atoms with van der Waals surface area (Å²) < 4.78 is 0.947. The summed E-state index contributed by atoms with van der Waals surface area (Å²) in [7, 11) is 0. The van der Waals surface area contributed by atoms with Crippen molar-refractivity contribution in [3.8, 4) is 11.1 Å². The molecule has 0 bridgehead atoms. The van der Waals surface area contributed by atoms with E-state index in [-0.39, 0.29) is 5.91 Å². The van der Waals surface area contributed by atoms with Crippen LogP contribution in [0.1, 0.15) is 10.4 Å². The number of nitrogens with one attached hydrogen (secondary N) is 1. The minimum atomic E-state index is -0.176. The van der Waals surface area contributed by atoms with E-state index in [1.807, 2.05) is 66.7 Å². The van der Waals surface area contributed by atoms with E-state index < -0.39 is 0 Å². The molecule has 0 saturated carbocycles. The Hall–Kier alpha value is -2.69. The normalized spacial score (nSPS) is 10.8. The molecule has 3 nitrogen and oxygen atoms in total. The van der Waals surface area contributed by atoms with E-state index in [1.54, 1.807) is 6.07 Å². The molecule has 122 valence electrons. The van der Waals surface area contributed by atoms with Gasteiger partial charge < -0.3 is 0 Å². The van der Waals surface area contributed by atoms with Gasteiger partial charge in [-0.3, -0.25) is 10.1 Å². The minimum absolute atomic E-state index is 0.176. The van der Waals surface area contributed by atoms with Gasteiger partial charge in [-0.2, -0.15) is 0 Å². The third-order valence-corrected chi connectivity index (χ3v) is 4.99. The second kappa shape index (κ2) is 6.67. The maximum Gasteiger partial charge on any atom is 0.257 e. The third-order valence-electron chi connectivity index (χ3n) is 3.83. The van der Waals surface area contributed by atoms with Crippen LogP contribution in [0.2, 0.25) is 5.02 Å². The summed E-state index contributed by atoms with van der Waals surface area (Å²) in [4.78, 5) is 16.8. The molecule has 0 aliphatic rings. The summed E-state index contributed by atoms with van der Waals surface area (Å²) in [6.07, 6.45) is 0. The molecule has 0 saturated heterocycles. The zero-order chi connectivity index (χ0) is 17.2. The van der Waals surface area contributed by atoms with E-state index in [4.69, 9.17) is 11.6 Å². The van der Waals surface area contributed by atoms with Crippen molar-refractivity contribution in [2.75, 3.05) is 5.32 Å². The highest BCUT2D eigenvalue weighted by atomic mass is 35.5. The molecular weight excluding hydrogens is 352 g/mol. The largest absolute Gasteiger partial charge is 0.298 e. The van der Waals surface area contributed by atoms with Gasteiger partial charge in [-0.15, -0.1) is 0 Å². The van der Waals surface area contributed by atoms with E-state index in [9.17, 15) is 4.79 Å². The molecule has 0 aliphatic heterocycles. The van der Waals surface area contributed by atoms with Crippen molar-refractivity contribution >= 4 is 44.2 Å². The first-order valence-electron chi connectivity index (χ1n) is 7.72. The summed E-state index contributed by atoms with van der Waals surface area (Å²) in [6, 6.07) is 23.1. The van der Waals surface area contributed by atoms with Gasteiger partial charge in [0, 0.05) is 10.6 Å². The summed E-state index contributed by atoms with van der Waals surface area (Å²) in [5.74, 6) is -0.176. The van der Waals surface area contributed by atoms with Crippen LogP contribution >= 0.6 is 22.9 Å². The van der Waals surface area contributed by atoms with Crippen LogP contribution in [0, 0.1) is 0 Å². The van der Waals surface area contributed by atoms with Crippen LogP contribution in [-0.2, 0) is 0 Å². The van der Waals surface area contributed by atoms with E-state index in [1.165, 1.54) is 11.3 Å². The summed E-state index contributed by atoms with van der Waals surface area (Å²) >= 11 is 7.39. The zero-order valence-electron chi connectivity index (χ0n) is 13.1. The van der Waals surface area contributed by atoms with Crippen molar-refractivity contribution < 1.29 is 4.79 Å². The first-order valence-corrected chi connectivity index (χ1v) is 8.91. The van der Waals surface area contributed by atoms with Gasteiger partial charge in [0.05, 0.1) is 10.2 Å².